The number of piperidine rings is 1. The number of aliphatic hydroxyl groups is 1. The van der Waals surface area contributed by atoms with Gasteiger partial charge in [0.05, 0.1) is 6.10 Å². The van der Waals surface area contributed by atoms with Gasteiger partial charge in [-0.1, -0.05) is 0 Å². The monoisotopic (exact) mass is 650 g/mol. The Kier molecular flexibility index (Phi) is 9.18. The average molecular weight is 650 g/mol. The van der Waals surface area contributed by atoms with Gasteiger partial charge >= 0.3 is 224 Å². The fraction of sp³-hybridized carbons (Fsp3) is 0.448. The Labute approximate surface area is 248 Å². The Morgan fingerprint density at radius 2 is 2.07 bits per heavy atom. The Bertz CT molecular complexity index is 1500. The number of fused-ring (bicyclic) bond motifs is 3. The van der Waals surface area contributed by atoms with Crippen LogP contribution in [-0.4, -0.2) is 85.1 Å². The van der Waals surface area contributed by atoms with Crippen LogP contribution in [0.2, 0.25) is 0 Å². The summed E-state index contributed by atoms with van der Waals surface area (Å²) < 4.78 is 47.9. The molecule has 4 heterocycles. The van der Waals surface area contributed by atoms with Gasteiger partial charge < -0.3 is 5.11 Å². The van der Waals surface area contributed by atoms with Crippen molar-refractivity contribution in [2.75, 3.05) is 30.8 Å². The number of alkyl halides is 3. The molecule has 2 bridgehead atoms. The number of amides is 1. The molecule has 2 aromatic heterocycles. The van der Waals surface area contributed by atoms with Crippen LogP contribution in [0.25, 0.3) is 5.52 Å². The first-order valence-corrected chi connectivity index (χ1v) is 15.5. The molecule has 0 spiro atoms. The summed E-state index contributed by atoms with van der Waals surface area (Å²) in [5, 5.41) is 22.4. The molecule has 5 N–H and O–H groups in total. The van der Waals surface area contributed by atoms with Gasteiger partial charge in [0.1, 0.15) is 0 Å². The van der Waals surface area contributed by atoms with Crippen LogP contribution >= 0.6 is 0 Å². The first-order valence-electron chi connectivity index (χ1n) is 13.8. The summed E-state index contributed by atoms with van der Waals surface area (Å²) in [7, 11) is 1.46. The number of hydrogen-bond donors (Lipinski definition) is 5. The van der Waals surface area contributed by atoms with Crippen molar-refractivity contribution in [1.82, 2.24) is 20.2 Å². The second kappa shape index (κ2) is 12.8. The molecule has 0 radical (unpaired) electrons. The van der Waals surface area contributed by atoms with Crippen LogP contribution in [0, 0.1) is 11.8 Å². The van der Waals surface area contributed by atoms with Gasteiger partial charge in [0.15, 0.2) is 0 Å². The van der Waals surface area contributed by atoms with Crippen LogP contribution in [0.4, 0.5) is 24.7 Å². The van der Waals surface area contributed by atoms with E-state index in [1.165, 1.54) is 7.11 Å². The van der Waals surface area contributed by atoms with Gasteiger partial charge in [-0.2, -0.15) is 0 Å². The number of ether oxygens (including phenoxy) is 1. The Morgan fingerprint density at radius 3 is 2.83 bits per heavy atom. The molecule has 5 rings (SSSR count). The van der Waals surface area contributed by atoms with Crippen molar-refractivity contribution in [2.45, 2.75) is 61.9 Å². The maximum atomic E-state index is 13.6. The summed E-state index contributed by atoms with van der Waals surface area (Å²) in [6.45, 7) is 1.80. The quantitative estimate of drug-likeness (QED) is 0.179. The molecule has 2 aliphatic heterocycles. The second-order valence-corrected chi connectivity index (χ2v) is 12.7. The summed E-state index contributed by atoms with van der Waals surface area (Å²) in [4.78, 5) is 12.3. The van der Waals surface area contributed by atoms with Crippen molar-refractivity contribution in [3.63, 3.8) is 0 Å². The molecule has 0 unspecified atom stereocenters. The third kappa shape index (κ3) is 7.13. The molecule has 2 fully saturated rings. The van der Waals surface area contributed by atoms with E-state index in [-0.39, 0.29) is 35.2 Å². The minimum atomic E-state index is -4.36. The predicted molar refractivity (Wildman–Crippen MR) is 156 cm³/mol. The van der Waals surface area contributed by atoms with Crippen LogP contribution in [0.5, 0.6) is 5.75 Å². The standard InChI is InChI=1S/C29H33F3N6O3Se/c1-17(39)16-34-28(40)18-8-11-22(25(15-18)41-2)33-14-4-5-23-27(42-29(30,31)32)24-6-3-7-26(38(24)37-23)36-21-13-10-19-9-12-20(21)35-19/h3,6-8,11,15,17,19-21,33,35-36,39H,9-10,12-14,16H2,1-2H3,(H,34,40)/t17-,19+,20-,21-/m1/s1. The molecule has 0 aliphatic carbocycles. The number of methoxy groups -OCH3 is 1. The van der Waals surface area contributed by atoms with Crippen molar-refractivity contribution in [2.24, 2.45) is 0 Å². The van der Waals surface area contributed by atoms with Crippen molar-refractivity contribution in [1.29, 1.82) is 0 Å². The number of anilines is 2. The van der Waals surface area contributed by atoms with E-state index in [1.54, 1.807) is 41.8 Å². The molecule has 9 nitrogen and oxygen atoms in total. The Balaban J connectivity index is 1.34. The van der Waals surface area contributed by atoms with Gasteiger partial charge in [-0.3, -0.25) is 0 Å². The number of carbonyl (C=O) groups excluding carboxylic acids is 1. The van der Waals surface area contributed by atoms with Gasteiger partial charge in [-0.25, -0.2) is 0 Å². The molecule has 3 aromatic rings. The normalized spacial score (nSPS) is 20.5. The number of carbonyl (C=O) groups is 1. The number of aliphatic hydroxyl groups excluding tert-OH is 1. The number of aromatic nitrogens is 2. The molecule has 0 saturated carbocycles. The van der Waals surface area contributed by atoms with Crippen LogP contribution in [0.3, 0.4) is 0 Å². The Hall–Kier alpha value is -3.43. The zero-order valence-electron chi connectivity index (χ0n) is 23.2. The van der Waals surface area contributed by atoms with E-state index in [1.807, 2.05) is 6.07 Å². The number of nitrogens with one attached hydrogen (secondary N) is 4. The molecule has 1 aromatic carbocycles. The van der Waals surface area contributed by atoms with Crippen molar-refractivity contribution < 1.29 is 27.8 Å². The zero-order valence-corrected chi connectivity index (χ0v) is 24.9. The number of benzene rings is 1. The average Bonchev–Trinajstić information content (AvgIpc) is 3.51. The van der Waals surface area contributed by atoms with Crippen LogP contribution < -0.4 is 30.5 Å². The fourth-order valence-corrected chi connectivity index (χ4v) is 6.81. The number of nitrogens with zero attached hydrogens (tertiary/aromatic N) is 2. The van der Waals surface area contributed by atoms with Crippen molar-refractivity contribution >= 4 is 42.3 Å². The first kappa shape index (κ1) is 30.0. The third-order valence-corrected chi connectivity index (χ3v) is 9.11. The molecule has 224 valence electrons. The van der Waals surface area contributed by atoms with E-state index in [2.05, 4.69) is 38.2 Å². The molecular weight excluding hydrogens is 616 g/mol. The molecular formula is C29H33F3N6O3Se. The number of pyridine rings is 1. The molecule has 1 amide bonds. The first-order chi connectivity index (χ1) is 20.1. The topological polar surface area (TPSA) is 112 Å². The number of hydrogen-bond acceptors (Lipinski definition) is 7. The minimum absolute atomic E-state index is 0.0963. The van der Waals surface area contributed by atoms with Crippen LogP contribution in [-0.2, 0) is 0 Å². The van der Waals surface area contributed by atoms with E-state index >= 15 is 0 Å². The fourth-order valence-electron chi connectivity index (χ4n) is 5.38. The number of rotatable bonds is 9. The Morgan fingerprint density at radius 1 is 1.26 bits per heavy atom. The van der Waals surface area contributed by atoms with E-state index in [0.717, 1.165) is 25.7 Å². The van der Waals surface area contributed by atoms with E-state index in [9.17, 15) is 23.1 Å². The van der Waals surface area contributed by atoms with E-state index < -0.39 is 26.1 Å². The van der Waals surface area contributed by atoms with Gasteiger partial charge in [-0.05, 0) is 6.92 Å². The van der Waals surface area contributed by atoms with Crippen LogP contribution in [0.15, 0.2) is 36.4 Å². The van der Waals surface area contributed by atoms with E-state index in [0.29, 0.717) is 40.4 Å². The van der Waals surface area contributed by atoms with Crippen LogP contribution in [0.1, 0.15) is 48.7 Å². The maximum absolute atomic E-state index is 13.6. The molecule has 2 aliphatic rings. The summed E-state index contributed by atoms with van der Waals surface area (Å²) in [5.41, 5.74) is 1.42. The van der Waals surface area contributed by atoms with Gasteiger partial charge in [-0.15, -0.1) is 0 Å². The molecule has 42 heavy (non-hydrogen) atoms. The summed E-state index contributed by atoms with van der Waals surface area (Å²) in [6.07, 6.45) is 3.62. The summed E-state index contributed by atoms with van der Waals surface area (Å²) >= 11 is -1.83. The summed E-state index contributed by atoms with van der Waals surface area (Å²) in [6, 6.07) is 11.1. The molecule has 2 saturated heterocycles. The van der Waals surface area contributed by atoms with E-state index in [4.69, 9.17) is 4.74 Å². The zero-order chi connectivity index (χ0) is 29.9. The van der Waals surface area contributed by atoms with Crippen molar-refractivity contribution in [3.05, 3.63) is 47.7 Å². The SMILES string of the molecule is COc1cc(C(=O)NC[C@@H](C)O)ccc1NCC#Cc1nn2c(N[C@@H]3CC[C@@H]4CC[C@H]3N4)cccc2c1[Se]C(F)(F)F. The van der Waals surface area contributed by atoms with Crippen molar-refractivity contribution in [3.8, 4) is 17.6 Å². The second-order valence-electron chi connectivity index (χ2n) is 10.4. The number of halogens is 3. The van der Waals surface area contributed by atoms with Gasteiger partial charge in [0, 0.05) is 6.54 Å². The summed E-state index contributed by atoms with van der Waals surface area (Å²) in [5.74, 6) is 6.44. The third-order valence-electron chi connectivity index (χ3n) is 7.35. The molecule has 4 atom stereocenters. The molecule has 13 heteroatoms. The van der Waals surface area contributed by atoms with Gasteiger partial charge in [0.25, 0.3) is 0 Å². The van der Waals surface area contributed by atoms with Gasteiger partial charge in [0.2, 0.25) is 0 Å². The predicted octanol–water partition coefficient (Wildman–Crippen LogP) is 2.46.